The smallest absolute Gasteiger partial charge is 0.188 e. The Labute approximate surface area is 111 Å². The fraction of sp³-hybridized carbons (Fsp3) is 0.0714. The van der Waals surface area contributed by atoms with E-state index < -0.39 is 0 Å². The van der Waals surface area contributed by atoms with Crippen molar-refractivity contribution in [1.29, 1.82) is 0 Å². The maximum atomic E-state index is 5.11. The van der Waals surface area contributed by atoms with Gasteiger partial charge in [0.1, 0.15) is 0 Å². The number of benzene rings is 2. The number of hydrogen-bond acceptors (Lipinski definition) is 4. The van der Waals surface area contributed by atoms with Gasteiger partial charge in [-0.15, -0.1) is 10.2 Å². The van der Waals surface area contributed by atoms with Crippen molar-refractivity contribution in [3.8, 4) is 11.1 Å². The molecular weight excluding hydrogens is 238 g/mol. The van der Waals surface area contributed by atoms with Gasteiger partial charge in [0.25, 0.3) is 0 Å². The first kappa shape index (κ1) is 12.9. The molecule has 5 nitrogen and oxygen atoms in total. The summed E-state index contributed by atoms with van der Waals surface area (Å²) >= 11 is 0. The lowest BCUT2D eigenvalue weighted by Gasteiger charge is -1.98. The molecule has 19 heavy (non-hydrogen) atoms. The summed E-state index contributed by atoms with van der Waals surface area (Å²) in [6, 6.07) is 20.8. The Morgan fingerprint density at radius 2 is 1.37 bits per heavy atom. The van der Waals surface area contributed by atoms with Crippen LogP contribution < -0.4 is 5.73 Å². The third-order valence-corrected chi connectivity index (χ3v) is 2.45. The predicted octanol–water partition coefficient (Wildman–Crippen LogP) is 2.01. The van der Waals surface area contributed by atoms with Gasteiger partial charge in [0, 0.05) is 0 Å². The Hall–Kier alpha value is -2.53. The highest BCUT2D eigenvalue weighted by Crippen LogP contribution is 2.17. The minimum Gasteiger partial charge on any atom is -0.324 e. The Morgan fingerprint density at radius 3 is 1.68 bits per heavy atom. The molecule has 0 saturated carbocycles. The molecule has 0 saturated heterocycles. The molecule has 5 heteroatoms. The lowest BCUT2D eigenvalue weighted by molar-refractivity contribution is 0.881. The molecule has 0 unspecified atom stereocenters. The van der Waals surface area contributed by atoms with E-state index in [4.69, 9.17) is 5.73 Å². The van der Waals surface area contributed by atoms with Crippen molar-refractivity contribution in [1.82, 2.24) is 20.6 Å². The van der Waals surface area contributed by atoms with Crippen molar-refractivity contribution in [2.45, 2.75) is 6.54 Å². The number of nitrogens with two attached hydrogens (primary N) is 1. The molecule has 0 spiro atoms. The molecule has 0 aliphatic carbocycles. The molecule has 0 amide bonds. The fourth-order valence-electron chi connectivity index (χ4n) is 1.53. The minimum absolute atomic E-state index is 0.344. The lowest BCUT2D eigenvalue weighted by Crippen LogP contribution is -1.97. The van der Waals surface area contributed by atoms with Crippen LogP contribution in [0.3, 0.4) is 0 Å². The number of tetrazole rings is 1. The summed E-state index contributed by atoms with van der Waals surface area (Å²) in [5.41, 5.74) is 7.66. The van der Waals surface area contributed by atoms with E-state index in [0.29, 0.717) is 12.4 Å². The van der Waals surface area contributed by atoms with E-state index in [9.17, 15) is 0 Å². The van der Waals surface area contributed by atoms with Crippen LogP contribution in [0.25, 0.3) is 11.1 Å². The van der Waals surface area contributed by atoms with E-state index >= 15 is 0 Å². The van der Waals surface area contributed by atoms with Gasteiger partial charge < -0.3 is 5.73 Å². The standard InChI is InChI=1S/C12H10.C2H5N5/c1-3-7-11(8-4-1)12-9-5-2-6-10-12;3-1-2-4-6-7-5-2/h1-10H;1,3H2,(H,4,5,6,7). The average Bonchev–Trinajstić information content (AvgIpc) is 3.03. The molecule has 0 atom stereocenters. The molecule has 3 rings (SSSR count). The molecule has 0 fully saturated rings. The molecule has 0 bridgehead atoms. The average molecular weight is 253 g/mol. The SMILES string of the molecule is NCc1nn[nH]n1.c1ccc(-c2ccccc2)cc1. The van der Waals surface area contributed by atoms with Gasteiger partial charge in [0.05, 0.1) is 6.54 Å². The minimum atomic E-state index is 0.344. The number of H-pyrrole nitrogens is 1. The quantitative estimate of drug-likeness (QED) is 0.732. The second-order valence-electron chi connectivity index (χ2n) is 3.76. The second-order valence-corrected chi connectivity index (χ2v) is 3.76. The molecule has 0 radical (unpaired) electrons. The third kappa shape index (κ3) is 4.01. The predicted molar refractivity (Wildman–Crippen MR) is 73.9 cm³/mol. The van der Waals surface area contributed by atoms with Gasteiger partial charge in [0.15, 0.2) is 5.82 Å². The molecule has 3 aromatic rings. The van der Waals surface area contributed by atoms with Crippen LogP contribution in [0.1, 0.15) is 5.82 Å². The summed E-state index contributed by atoms with van der Waals surface area (Å²) < 4.78 is 0. The van der Waals surface area contributed by atoms with Crippen LogP contribution in [-0.4, -0.2) is 20.6 Å². The van der Waals surface area contributed by atoms with Crippen LogP contribution in [0.5, 0.6) is 0 Å². The van der Waals surface area contributed by atoms with Gasteiger partial charge in [-0.2, -0.15) is 5.21 Å². The van der Waals surface area contributed by atoms with E-state index in [2.05, 4.69) is 69.2 Å². The summed E-state index contributed by atoms with van der Waals surface area (Å²) in [6.45, 7) is 0.344. The van der Waals surface area contributed by atoms with Crippen molar-refractivity contribution in [3.05, 3.63) is 66.5 Å². The van der Waals surface area contributed by atoms with E-state index in [1.807, 2.05) is 12.1 Å². The van der Waals surface area contributed by atoms with Gasteiger partial charge in [-0.3, -0.25) is 0 Å². The number of aromatic amines is 1. The van der Waals surface area contributed by atoms with Gasteiger partial charge in [0.2, 0.25) is 0 Å². The van der Waals surface area contributed by atoms with Gasteiger partial charge in [-0.1, -0.05) is 65.9 Å². The molecule has 0 aliphatic rings. The first-order valence-corrected chi connectivity index (χ1v) is 5.93. The Morgan fingerprint density at radius 1 is 0.842 bits per heavy atom. The fourth-order valence-corrected chi connectivity index (χ4v) is 1.53. The van der Waals surface area contributed by atoms with Gasteiger partial charge in [-0.05, 0) is 11.1 Å². The molecule has 2 aromatic carbocycles. The van der Waals surface area contributed by atoms with Gasteiger partial charge in [-0.25, -0.2) is 0 Å². The number of rotatable bonds is 2. The Balaban J connectivity index is 0.000000163. The number of aromatic nitrogens is 4. The van der Waals surface area contributed by atoms with Crippen molar-refractivity contribution in [2.75, 3.05) is 0 Å². The Kier molecular flexibility index (Phi) is 4.78. The summed E-state index contributed by atoms with van der Waals surface area (Å²) in [4.78, 5) is 0. The van der Waals surface area contributed by atoms with E-state index in [-0.39, 0.29) is 0 Å². The molecule has 3 N–H and O–H groups in total. The Bertz CT molecular complexity index is 526. The summed E-state index contributed by atoms with van der Waals surface area (Å²) in [5.74, 6) is 0.542. The maximum absolute atomic E-state index is 5.11. The van der Waals surface area contributed by atoms with Crippen LogP contribution in [0.4, 0.5) is 0 Å². The topological polar surface area (TPSA) is 80.5 Å². The highest BCUT2D eigenvalue weighted by Gasteiger charge is 1.91. The zero-order valence-corrected chi connectivity index (χ0v) is 10.4. The zero-order valence-electron chi connectivity index (χ0n) is 10.4. The van der Waals surface area contributed by atoms with Crippen molar-refractivity contribution >= 4 is 0 Å². The van der Waals surface area contributed by atoms with E-state index in [1.54, 1.807) is 0 Å². The molecule has 1 aromatic heterocycles. The highest BCUT2D eigenvalue weighted by atomic mass is 15.5. The molecule has 1 heterocycles. The number of nitrogens with zero attached hydrogens (tertiary/aromatic N) is 3. The summed E-state index contributed by atoms with van der Waals surface area (Å²) in [7, 11) is 0. The van der Waals surface area contributed by atoms with Crippen LogP contribution >= 0.6 is 0 Å². The summed E-state index contributed by atoms with van der Waals surface area (Å²) in [6.07, 6.45) is 0. The first-order valence-electron chi connectivity index (χ1n) is 5.93. The third-order valence-electron chi connectivity index (χ3n) is 2.45. The van der Waals surface area contributed by atoms with Crippen molar-refractivity contribution in [2.24, 2.45) is 5.73 Å². The molecule has 96 valence electrons. The van der Waals surface area contributed by atoms with Gasteiger partial charge >= 0.3 is 0 Å². The molecule has 0 aliphatic heterocycles. The number of hydrogen-bond donors (Lipinski definition) is 2. The second kappa shape index (κ2) is 7.03. The van der Waals surface area contributed by atoms with Crippen LogP contribution in [-0.2, 0) is 6.54 Å². The van der Waals surface area contributed by atoms with Crippen LogP contribution in [0.15, 0.2) is 60.7 Å². The lowest BCUT2D eigenvalue weighted by atomic mass is 10.1. The van der Waals surface area contributed by atoms with E-state index in [1.165, 1.54) is 11.1 Å². The highest BCUT2D eigenvalue weighted by molar-refractivity contribution is 5.62. The van der Waals surface area contributed by atoms with E-state index in [0.717, 1.165) is 0 Å². The van der Waals surface area contributed by atoms with Crippen LogP contribution in [0.2, 0.25) is 0 Å². The largest absolute Gasteiger partial charge is 0.324 e. The van der Waals surface area contributed by atoms with Crippen LogP contribution in [0, 0.1) is 0 Å². The zero-order chi connectivity index (χ0) is 13.3. The first-order chi connectivity index (χ1) is 9.40. The van der Waals surface area contributed by atoms with Crippen molar-refractivity contribution in [3.63, 3.8) is 0 Å². The maximum Gasteiger partial charge on any atom is 0.188 e. The normalized spacial score (nSPS) is 9.53. The number of nitrogens with one attached hydrogen (secondary N) is 1. The van der Waals surface area contributed by atoms with Crippen molar-refractivity contribution < 1.29 is 0 Å². The summed E-state index contributed by atoms with van der Waals surface area (Å²) in [5, 5.41) is 12.7. The monoisotopic (exact) mass is 253 g/mol. The molecular formula is C14H15N5.